The molecule has 0 radical (unpaired) electrons. The Kier molecular flexibility index (Phi) is 4.94. The summed E-state index contributed by atoms with van der Waals surface area (Å²) in [6.07, 6.45) is 2.93. The Morgan fingerprint density at radius 2 is 1.85 bits per heavy atom. The molecule has 0 bridgehead atoms. The van der Waals surface area contributed by atoms with Crippen LogP contribution in [0.3, 0.4) is 0 Å². The molecule has 0 aliphatic heterocycles. The largest absolute Gasteiger partial charge is 0.497 e. The fourth-order valence-corrected chi connectivity index (χ4v) is 3.25. The Hall–Kier alpha value is -3.26. The Morgan fingerprint density at radius 1 is 1.15 bits per heavy atom. The van der Waals surface area contributed by atoms with Crippen LogP contribution in [0.4, 0.5) is 0 Å². The third-order valence-corrected chi connectivity index (χ3v) is 4.53. The van der Waals surface area contributed by atoms with Crippen LogP contribution in [0.2, 0.25) is 0 Å². The maximum Gasteiger partial charge on any atom is 0.195 e. The van der Waals surface area contributed by atoms with E-state index in [2.05, 4.69) is 6.07 Å². The van der Waals surface area contributed by atoms with Crippen LogP contribution in [0.1, 0.15) is 33.6 Å². The molecule has 0 fully saturated rings. The lowest BCUT2D eigenvalue weighted by Gasteiger charge is -2.08. The highest BCUT2D eigenvalue weighted by atomic mass is 16.5. The normalized spacial score (nSPS) is 10.5. The van der Waals surface area contributed by atoms with Crippen molar-refractivity contribution in [2.24, 2.45) is 0 Å². The molecule has 0 amide bonds. The van der Waals surface area contributed by atoms with Crippen LogP contribution in [0, 0.1) is 18.3 Å². The van der Waals surface area contributed by atoms with Crippen LogP contribution in [0.15, 0.2) is 42.6 Å². The first-order valence-corrected chi connectivity index (χ1v) is 8.34. The number of carbonyl (C=O) groups excluding carboxylic acids is 1. The minimum Gasteiger partial charge on any atom is -0.497 e. The van der Waals surface area contributed by atoms with Crippen LogP contribution < -0.4 is 9.47 Å². The Balaban J connectivity index is 2.18. The van der Waals surface area contributed by atoms with Gasteiger partial charge in [-0.1, -0.05) is 6.07 Å². The van der Waals surface area contributed by atoms with E-state index in [0.29, 0.717) is 35.5 Å². The van der Waals surface area contributed by atoms with E-state index in [9.17, 15) is 4.79 Å². The summed E-state index contributed by atoms with van der Waals surface area (Å²) < 4.78 is 12.6. The number of carbonyl (C=O) groups is 1. The molecule has 1 aromatic carbocycles. The zero-order valence-electron chi connectivity index (χ0n) is 15.1. The minimum atomic E-state index is -0.0911. The van der Waals surface area contributed by atoms with E-state index >= 15 is 0 Å². The molecular weight excluding hydrogens is 328 g/mol. The summed E-state index contributed by atoms with van der Waals surface area (Å²) in [5.74, 6) is 1.05. The van der Waals surface area contributed by atoms with Gasteiger partial charge in [-0.15, -0.1) is 0 Å². The van der Waals surface area contributed by atoms with E-state index in [1.807, 2.05) is 35.7 Å². The summed E-state index contributed by atoms with van der Waals surface area (Å²) in [6.45, 7) is 1.93. The number of ketones is 1. The predicted octanol–water partition coefficient (Wildman–Crippen LogP) is 3.95. The second-order valence-electron chi connectivity index (χ2n) is 5.99. The van der Waals surface area contributed by atoms with Crippen molar-refractivity contribution in [2.45, 2.75) is 19.8 Å². The van der Waals surface area contributed by atoms with Crippen molar-refractivity contribution in [3.8, 4) is 17.6 Å². The Labute approximate surface area is 152 Å². The number of fused-ring (bicyclic) bond motifs is 1. The van der Waals surface area contributed by atoms with Gasteiger partial charge in [-0.2, -0.15) is 5.26 Å². The number of nitrogens with zero attached hydrogens (tertiary/aromatic N) is 2. The van der Waals surface area contributed by atoms with Gasteiger partial charge in [0.15, 0.2) is 5.78 Å². The zero-order chi connectivity index (χ0) is 18.7. The van der Waals surface area contributed by atoms with Crippen LogP contribution in [0.25, 0.3) is 5.52 Å². The van der Waals surface area contributed by atoms with Crippen LogP contribution in [-0.4, -0.2) is 24.4 Å². The molecule has 0 saturated carbocycles. The molecule has 132 valence electrons. The lowest BCUT2D eigenvalue weighted by Crippen LogP contribution is -2.04. The van der Waals surface area contributed by atoms with E-state index in [1.165, 1.54) is 0 Å². The van der Waals surface area contributed by atoms with Gasteiger partial charge in [0.05, 0.1) is 31.4 Å². The lowest BCUT2D eigenvalue weighted by molar-refractivity contribution is 0.103. The first-order chi connectivity index (χ1) is 12.6. The van der Waals surface area contributed by atoms with E-state index < -0.39 is 0 Å². The number of methoxy groups -OCH3 is 2. The Morgan fingerprint density at radius 3 is 2.46 bits per heavy atom. The van der Waals surface area contributed by atoms with Crippen LogP contribution in [0.5, 0.6) is 11.5 Å². The third kappa shape index (κ3) is 3.02. The first kappa shape index (κ1) is 17.6. The number of pyridine rings is 1. The highest BCUT2D eigenvalue weighted by Gasteiger charge is 2.22. The third-order valence-electron chi connectivity index (χ3n) is 4.53. The van der Waals surface area contributed by atoms with E-state index in [-0.39, 0.29) is 5.78 Å². The van der Waals surface area contributed by atoms with Gasteiger partial charge in [-0.25, -0.2) is 0 Å². The van der Waals surface area contributed by atoms with Gasteiger partial charge < -0.3 is 13.9 Å². The summed E-state index contributed by atoms with van der Waals surface area (Å²) in [4.78, 5) is 13.3. The molecule has 0 N–H and O–H groups in total. The van der Waals surface area contributed by atoms with Crippen molar-refractivity contribution in [3.63, 3.8) is 0 Å². The fraction of sp³-hybridized carbons (Fsp3) is 0.238. The fourth-order valence-electron chi connectivity index (χ4n) is 3.25. The lowest BCUT2D eigenvalue weighted by atomic mass is 9.99. The van der Waals surface area contributed by atoms with Gasteiger partial charge >= 0.3 is 0 Å². The average molecular weight is 348 g/mol. The summed E-state index contributed by atoms with van der Waals surface area (Å²) in [7, 11) is 3.12. The number of benzene rings is 1. The van der Waals surface area contributed by atoms with Gasteiger partial charge in [-0.05, 0) is 36.8 Å². The highest BCUT2D eigenvalue weighted by molar-refractivity contribution is 6.15. The van der Waals surface area contributed by atoms with Gasteiger partial charge in [0.2, 0.25) is 0 Å². The molecule has 3 rings (SSSR count). The molecule has 0 aliphatic carbocycles. The molecule has 26 heavy (non-hydrogen) atoms. The number of ether oxygens (including phenoxy) is 2. The van der Waals surface area contributed by atoms with E-state index in [1.54, 1.807) is 32.4 Å². The number of hydrogen-bond donors (Lipinski definition) is 0. The molecule has 2 aromatic heterocycles. The molecule has 0 spiro atoms. The number of aromatic nitrogens is 1. The van der Waals surface area contributed by atoms with Crippen LogP contribution >= 0.6 is 0 Å². The average Bonchev–Trinajstić information content (AvgIpc) is 2.96. The van der Waals surface area contributed by atoms with Gasteiger partial charge in [-0.3, -0.25) is 4.79 Å². The monoisotopic (exact) mass is 348 g/mol. The number of rotatable bonds is 6. The molecule has 0 saturated heterocycles. The van der Waals surface area contributed by atoms with Crippen molar-refractivity contribution >= 4 is 11.3 Å². The van der Waals surface area contributed by atoms with Crippen molar-refractivity contribution in [2.75, 3.05) is 14.2 Å². The molecule has 5 nitrogen and oxygen atoms in total. The smallest absolute Gasteiger partial charge is 0.195 e. The zero-order valence-corrected chi connectivity index (χ0v) is 15.1. The summed E-state index contributed by atoms with van der Waals surface area (Å²) in [5.41, 5.74) is 3.88. The second kappa shape index (κ2) is 7.32. The number of hydrogen-bond acceptors (Lipinski definition) is 4. The number of aryl methyl sites for hydroxylation is 1. The molecule has 0 unspecified atom stereocenters. The predicted molar refractivity (Wildman–Crippen MR) is 99.0 cm³/mol. The van der Waals surface area contributed by atoms with Crippen LogP contribution in [-0.2, 0) is 6.42 Å². The molecule has 3 aromatic rings. The Bertz CT molecular complexity index is 990. The summed E-state index contributed by atoms with van der Waals surface area (Å²) >= 11 is 0. The van der Waals surface area contributed by atoms with Gasteiger partial charge in [0.1, 0.15) is 11.5 Å². The molecule has 2 heterocycles. The maximum atomic E-state index is 13.3. The van der Waals surface area contributed by atoms with Gasteiger partial charge in [0, 0.05) is 36.4 Å². The molecular formula is C21H20N2O3. The topological polar surface area (TPSA) is 63.7 Å². The van der Waals surface area contributed by atoms with Crippen molar-refractivity contribution in [3.05, 3.63) is 65.0 Å². The van der Waals surface area contributed by atoms with Crippen molar-refractivity contribution in [1.29, 1.82) is 5.26 Å². The molecule has 0 aliphatic rings. The highest BCUT2D eigenvalue weighted by Crippen LogP contribution is 2.30. The SMILES string of the molecule is COc1cc(OC)cc(C(=O)c2c(C)c(CCC#N)n3ccccc23)c1. The van der Waals surface area contributed by atoms with E-state index in [0.717, 1.165) is 16.8 Å². The summed E-state index contributed by atoms with van der Waals surface area (Å²) in [6, 6.07) is 13.1. The van der Waals surface area contributed by atoms with E-state index in [4.69, 9.17) is 14.7 Å². The number of nitriles is 1. The van der Waals surface area contributed by atoms with Crippen molar-refractivity contribution < 1.29 is 14.3 Å². The second-order valence-corrected chi connectivity index (χ2v) is 5.99. The summed E-state index contributed by atoms with van der Waals surface area (Å²) in [5, 5.41) is 8.95. The van der Waals surface area contributed by atoms with Gasteiger partial charge in [0.25, 0.3) is 0 Å². The van der Waals surface area contributed by atoms with Crippen molar-refractivity contribution in [1.82, 2.24) is 4.40 Å². The maximum absolute atomic E-state index is 13.3. The standard InChI is InChI=1S/C21H20N2O3/c1-14-18(8-6-9-22)23-10-5-4-7-19(23)20(14)21(24)15-11-16(25-2)13-17(12-15)26-3/h4-5,7,10-13H,6,8H2,1-3H3. The molecule has 5 heteroatoms. The quantitative estimate of drug-likeness (QED) is 0.633. The minimum absolute atomic E-state index is 0.0911. The first-order valence-electron chi connectivity index (χ1n) is 8.34. The molecule has 0 atom stereocenters.